The molecule has 0 aliphatic heterocycles. The van der Waals surface area contributed by atoms with Gasteiger partial charge in [0.2, 0.25) is 0 Å². The highest BCUT2D eigenvalue weighted by molar-refractivity contribution is 6.74. The van der Waals surface area contributed by atoms with E-state index in [0.29, 0.717) is 0 Å². The van der Waals surface area contributed by atoms with Crippen LogP contribution in [0.3, 0.4) is 0 Å². The molecule has 7 heteroatoms. The summed E-state index contributed by atoms with van der Waals surface area (Å²) in [5.74, 6) is -1.76. The van der Waals surface area contributed by atoms with E-state index >= 15 is 0 Å². The number of hydrogen-bond donors (Lipinski definition) is 3. The summed E-state index contributed by atoms with van der Waals surface area (Å²) in [4.78, 5) is 20.1. The maximum Gasteiger partial charge on any atom is 0.305 e. The molecule has 0 spiro atoms. The lowest BCUT2D eigenvalue weighted by Gasteiger charge is -2.38. The first-order valence-electron chi connectivity index (χ1n) is 6.98. The van der Waals surface area contributed by atoms with Crippen LogP contribution in [0.2, 0.25) is 18.1 Å². The average Bonchev–Trinajstić information content (AvgIpc) is 2.10. The Kier molecular flexibility index (Phi) is 9.76. The first-order chi connectivity index (χ1) is 9.19. The minimum absolute atomic E-state index is 0.0898. The third-order valence-corrected chi connectivity index (χ3v) is 7.84. The molecule has 0 aromatic carbocycles. The van der Waals surface area contributed by atoms with Crippen LogP contribution in [0, 0.1) is 0 Å². The van der Waals surface area contributed by atoms with E-state index < -0.39 is 26.4 Å². The van der Waals surface area contributed by atoms with Crippen molar-refractivity contribution in [1.29, 1.82) is 0 Å². The molecule has 1 unspecified atom stereocenters. The number of carboxylic acid groups (broad SMARTS) is 2. The normalized spacial score (nSPS) is 14.7. The van der Waals surface area contributed by atoms with E-state index in [-0.39, 0.29) is 24.0 Å². The lowest BCUT2D eigenvalue weighted by atomic mass is 10.2. The van der Waals surface area contributed by atoms with Gasteiger partial charge in [-0.25, -0.2) is 0 Å². The molecular formula is C14H30O6Si. The number of aliphatic carboxylic acids is 2. The van der Waals surface area contributed by atoms with Crippen molar-refractivity contribution in [2.24, 2.45) is 0 Å². The minimum Gasteiger partial charge on any atom is -0.481 e. The van der Waals surface area contributed by atoms with E-state index in [2.05, 4.69) is 33.9 Å². The topological polar surface area (TPSA) is 104 Å². The number of rotatable bonds is 6. The predicted octanol–water partition coefficient (Wildman–Crippen LogP) is 2.71. The number of carboxylic acids is 2. The van der Waals surface area contributed by atoms with E-state index in [0.717, 1.165) is 0 Å². The molecule has 0 saturated heterocycles. The highest BCUT2D eigenvalue weighted by atomic mass is 28.4. The second-order valence-corrected chi connectivity index (χ2v) is 11.5. The Balaban J connectivity index is 0. The zero-order valence-corrected chi connectivity index (χ0v) is 15.1. The SMILES string of the molecule is CC(O)CC(=O)O.C[C@H](CC(=O)O)O[Si](C)(C)C(C)(C)C. The summed E-state index contributed by atoms with van der Waals surface area (Å²) in [7, 11) is -1.80. The van der Waals surface area contributed by atoms with Gasteiger partial charge in [0.25, 0.3) is 0 Å². The van der Waals surface area contributed by atoms with Crippen LogP contribution in [0.15, 0.2) is 0 Å². The Morgan fingerprint density at radius 3 is 1.62 bits per heavy atom. The Hall–Kier alpha value is -0.923. The Labute approximate surface area is 128 Å². The molecule has 126 valence electrons. The van der Waals surface area contributed by atoms with Crippen LogP contribution < -0.4 is 0 Å². The maximum atomic E-state index is 10.5. The summed E-state index contributed by atoms with van der Waals surface area (Å²) < 4.78 is 5.87. The molecule has 0 rings (SSSR count). The van der Waals surface area contributed by atoms with Gasteiger partial charge in [0.1, 0.15) is 0 Å². The summed E-state index contributed by atoms with van der Waals surface area (Å²) in [5.41, 5.74) is 0. The van der Waals surface area contributed by atoms with Crippen LogP contribution in [0.1, 0.15) is 47.5 Å². The smallest absolute Gasteiger partial charge is 0.305 e. The zero-order valence-electron chi connectivity index (χ0n) is 14.1. The molecular weight excluding hydrogens is 292 g/mol. The van der Waals surface area contributed by atoms with Gasteiger partial charge in [-0.15, -0.1) is 0 Å². The van der Waals surface area contributed by atoms with Crippen LogP contribution in [-0.4, -0.2) is 47.8 Å². The van der Waals surface area contributed by atoms with E-state index in [1.165, 1.54) is 6.92 Å². The van der Waals surface area contributed by atoms with Gasteiger partial charge in [-0.05, 0) is 32.0 Å². The Bertz CT molecular complexity index is 333. The second-order valence-electron chi connectivity index (χ2n) is 6.73. The van der Waals surface area contributed by atoms with Gasteiger partial charge >= 0.3 is 11.9 Å². The van der Waals surface area contributed by atoms with Crippen molar-refractivity contribution >= 4 is 20.3 Å². The summed E-state index contributed by atoms with van der Waals surface area (Å²) in [5, 5.41) is 25.0. The fourth-order valence-electron chi connectivity index (χ4n) is 1.22. The van der Waals surface area contributed by atoms with Crippen LogP contribution in [0.5, 0.6) is 0 Å². The molecule has 0 heterocycles. The van der Waals surface area contributed by atoms with Crippen LogP contribution in [-0.2, 0) is 14.0 Å². The number of hydrogen-bond acceptors (Lipinski definition) is 4. The van der Waals surface area contributed by atoms with E-state index in [1.807, 2.05) is 6.92 Å². The molecule has 0 aromatic rings. The second kappa shape index (κ2) is 9.17. The van der Waals surface area contributed by atoms with Gasteiger partial charge in [-0.2, -0.15) is 0 Å². The fraction of sp³-hybridized carbons (Fsp3) is 0.857. The van der Waals surface area contributed by atoms with Crippen LogP contribution in [0.4, 0.5) is 0 Å². The van der Waals surface area contributed by atoms with Crippen molar-refractivity contribution in [3.8, 4) is 0 Å². The van der Waals surface area contributed by atoms with E-state index in [9.17, 15) is 9.59 Å². The summed E-state index contributed by atoms with van der Waals surface area (Å²) in [6, 6.07) is 0. The Morgan fingerprint density at radius 2 is 1.43 bits per heavy atom. The minimum atomic E-state index is -1.80. The highest BCUT2D eigenvalue weighted by Gasteiger charge is 2.38. The van der Waals surface area contributed by atoms with Gasteiger partial charge in [-0.3, -0.25) is 9.59 Å². The van der Waals surface area contributed by atoms with Gasteiger partial charge in [-0.1, -0.05) is 20.8 Å². The largest absolute Gasteiger partial charge is 0.481 e. The number of aliphatic hydroxyl groups is 1. The van der Waals surface area contributed by atoms with Crippen molar-refractivity contribution in [3.63, 3.8) is 0 Å². The van der Waals surface area contributed by atoms with E-state index in [1.54, 1.807) is 0 Å². The fourth-order valence-corrected chi connectivity index (χ4v) is 2.66. The van der Waals surface area contributed by atoms with Crippen molar-refractivity contribution in [2.45, 2.75) is 77.8 Å². The van der Waals surface area contributed by atoms with Crippen LogP contribution in [0.25, 0.3) is 0 Å². The van der Waals surface area contributed by atoms with Crippen LogP contribution >= 0.6 is 0 Å². The first-order valence-corrected chi connectivity index (χ1v) is 9.89. The molecule has 2 atom stereocenters. The quantitative estimate of drug-likeness (QED) is 0.650. The summed E-state index contributed by atoms with van der Waals surface area (Å²) in [6.07, 6.45) is -0.988. The average molecular weight is 322 g/mol. The van der Waals surface area contributed by atoms with Crippen molar-refractivity contribution < 1.29 is 29.3 Å². The maximum absolute atomic E-state index is 10.5. The number of aliphatic hydroxyl groups excluding tert-OH is 1. The van der Waals surface area contributed by atoms with Gasteiger partial charge in [0.05, 0.1) is 25.0 Å². The molecule has 21 heavy (non-hydrogen) atoms. The third kappa shape index (κ3) is 12.5. The van der Waals surface area contributed by atoms with Crippen molar-refractivity contribution in [2.75, 3.05) is 0 Å². The van der Waals surface area contributed by atoms with E-state index in [4.69, 9.17) is 19.7 Å². The molecule has 0 amide bonds. The van der Waals surface area contributed by atoms with Crippen molar-refractivity contribution in [3.05, 3.63) is 0 Å². The lowest BCUT2D eigenvalue weighted by Crippen LogP contribution is -2.43. The first kappa shape index (κ1) is 22.4. The number of carbonyl (C=O) groups is 2. The highest BCUT2D eigenvalue weighted by Crippen LogP contribution is 2.37. The molecule has 0 aliphatic rings. The zero-order chi connectivity index (χ0) is 17.4. The summed E-state index contributed by atoms with van der Waals surface area (Å²) >= 11 is 0. The third-order valence-electron chi connectivity index (χ3n) is 3.23. The molecule has 0 bridgehead atoms. The van der Waals surface area contributed by atoms with Gasteiger partial charge in [0.15, 0.2) is 8.32 Å². The predicted molar refractivity (Wildman–Crippen MR) is 83.9 cm³/mol. The standard InChI is InChI=1S/C10H22O3Si.C4H8O3/c1-8(7-9(11)12)13-14(5,6)10(2,3)4;1-3(5)2-4(6)7/h8H,7H2,1-6H3,(H,11,12);3,5H,2H2,1H3,(H,6,7)/t8-;/m1./s1. The van der Waals surface area contributed by atoms with Gasteiger partial charge in [0, 0.05) is 0 Å². The molecule has 6 nitrogen and oxygen atoms in total. The monoisotopic (exact) mass is 322 g/mol. The molecule has 0 fully saturated rings. The molecule has 0 radical (unpaired) electrons. The molecule has 0 saturated carbocycles. The molecule has 0 aliphatic carbocycles. The molecule has 3 N–H and O–H groups in total. The Morgan fingerprint density at radius 1 is 1.05 bits per heavy atom. The van der Waals surface area contributed by atoms with Crippen molar-refractivity contribution in [1.82, 2.24) is 0 Å². The lowest BCUT2D eigenvalue weighted by molar-refractivity contribution is -0.139. The summed E-state index contributed by atoms with van der Waals surface area (Å²) in [6.45, 7) is 14.0. The molecule has 0 aromatic heterocycles. The van der Waals surface area contributed by atoms with Gasteiger partial charge < -0.3 is 19.7 Å².